The number of fused-ring (bicyclic) bond motifs is 4. The van der Waals surface area contributed by atoms with Crippen LogP contribution in [0.4, 0.5) is 17.1 Å². The number of rotatable bonds is 6. The molecule has 0 fully saturated rings. The van der Waals surface area contributed by atoms with Gasteiger partial charge in [0, 0.05) is 36.6 Å². The van der Waals surface area contributed by atoms with E-state index in [1.54, 1.807) is 25.2 Å². The van der Waals surface area contributed by atoms with Crippen LogP contribution in [0.1, 0.15) is 56.0 Å². The highest BCUT2D eigenvalue weighted by molar-refractivity contribution is 7.89. The average molecular weight is 520 g/mol. The summed E-state index contributed by atoms with van der Waals surface area (Å²) in [6.07, 6.45) is 2.22. The number of carbonyl (C=O) groups is 1. The third kappa shape index (κ3) is 4.18. The van der Waals surface area contributed by atoms with E-state index in [0.717, 1.165) is 40.9 Å². The fourth-order valence-electron chi connectivity index (χ4n) is 5.47. The molecule has 1 atom stereocenters. The molecule has 37 heavy (non-hydrogen) atoms. The summed E-state index contributed by atoms with van der Waals surface area (Å²) in [5, 5.41) is 9.63. The molecule has 0 radical (unpaired) electrons. The van der Waals surface area contributed by atoms with E-state index in [2.05, 4.69) is 30.6 Å². The fourth-order valence-corrected chi connectivity index (χ4v) is 6.99. The summed E-state index contributed by atoms with van der Waals surface area (Å²) in [5.74, 6) is -1.00. The van der Waals surface area contributed by atoms with Gasteiger partial charge in [0.1, 0.15) is 11.1 Å². The molecule has 2 heterocycles. The van der Waals surface area contributed by atoms with Gasteiger partial charge in [-0.15, -0.1) is 0 Å². The van der Waals surface area contributed by atoms with Gasteiger partial charge in [0.2, 0.25) is 10.0 Å². The molecule has 194 valence electrons. The van der Waals surface area contributed by atoms with Crippen molar-refractivity contribution in [3.63, 3.8) is 0 Å². The van der Waals surface area contributed by atoms with Gasteiger partial charge in [-0.3, -0.25) is 0 Å². The molecule has 0 saturated carbocycles. The minimum absolute atomic E-state index is 0.160. The zero-order valence-corrected chi connectivity index (χ0v) is 22.5. The number of benzene rings is 3. The molecule has 0 aromatic heterocycles. The zero-order valence-electron chi connectivity index (χ0n) is 21.7. The van der Waals surface area contributed by atoms with Gasteiger partial charge < -0.3 is 14.9 Å². The first-order valence-electron chi connectivity index (χ1n) is 12.8. The second kappa shape index (κ2) is 9.50. The van der Waals surface area contributed by atoms with Gasteiger partial charge in [-0.2, -0.15) is 4.31 Å². The molecule has 1 N–H and O–H groups in total. The fraction of sp³-hybridized carbons (Fsp3) is 0.345. The normalized spacial score (nSPS) is 18.4. The number of nitrogens with zero attached hydrogens (tertiary/aromatic N) is 3. The number of carboxylic acid groups (broad SMARTS) is 1. The smallest absolute Gasteiger partial charge is 0.335 e. The number of carboxylic acids is 1. The van der Waals surface area contributed by atoms with Crippen molar-refractivity contribution in [2.75, 3.05) is 16.8 Å². The van der Waals surface area contributed by atoms with Crippen molar-refractivity contribution in [3.05, 3.63) is 71.8 Å². The number of hydrogen-bond acceptors (Lipinski definition) is 5. The first-order chi connectivity index (χ1) is 17.6. The number of aromatic carboxylic acids is 1. The molecule has 8 heteroatoms. The number of unbranched alkanes of at least 4 members (excludes halogenated alkanes) is 1. The predicted octanol–water partition coefficient (Wildman–Crippen LogP) is 6.07. The van der Waals surface area contributed by atoms with Crippen LogP contribution in [0.25, 0.3) is 11.1 Å². The highest BCUT2D eigenvalue weighted by Gasteiger charge is 2.42. The first kappa shape index (κ1) is 25.3. The summed E-state index contributed by atoms with van der Waals surface area (Å²) in [6, 6.07) is 19.0. The highest BCUT2D eigenvalue weighted by atomic mass is 32.2. The summed E-state index contributed by atoms with van der Waals surface area (Å²) in [6.45, 7) is 6.96. The molecular formula is C29H33N3O4S. The van der Waals surface area contributed by atoms with Crippen molar-refractivity contribution in [3.8, 4) is 11.1 Å². The Labute approximate surface area is 219 Å². The second-order valence-corrected chi connectivity index (χ2v) is 12.1. The lowest BCUT2D eigenvalue weighted by molar-refractivity contribution is 0.0697. The minimum Gasteiger partial charge on any atom is -0.478 e. The van der Waals surface area contributed by atoms with Crippen molar-refractivity contribution in [1.29, 1.82) is 0 Å². The molecule has 0 amide bonds. The van der Waals surface area contributed by atoms with E-state index in [0.29, 0.717) is 18.7 Å². The topological polar surface area (TPSA) is 81.2 Å². The van der Waals surface area contributed by atoms with Crippen molar-refractivity contribution < 1.29 is 18.3 Å². The van der Waals surface area contributed by atoms with Crippen LogP contribution in [-0.2, 0) is 16.6 Å². The van der Waals surface area contributed by atoms with Crippen LogP contribution in [-0.4, -0.2) is 43.1 Å². The number of sulfonamides is 1. The maximum atomic E-state index is 13.9. The first-order valence-corrected chi connectivity index (χ1v) is 14.2. The summed E-state index contributed by atoms with van der Waals surface area (Å²) in [5.41, 5.74) is 5.19. The monoisotopic (exact) mass is 519 g/mol. The van der Waals surface area contributed by atoms with Crippen LogP contribution >= 0.6 is 0 Å². The van der Waals surface area contributed by atoms with E-state index in [1.165, 1.54) is 4.31 Å². The predicted molar refractivity (Wildman–Crippen MR) is 147 cm³/mol. The standard InChI is InChI=1S/C29H33N3O4S/c1-5-6-12-28-30(4)37(35,36)27-16-24-23-15-20(29(33)34)13-14-21(23)18-31(19(2)3)25(24)17-26(27)32(28)22-10-8-7-9-11-22/h7-11,13-17,19,28H,5-6,12,18H2,1-4H3,(H,33,34)/t28-/m0/s1. The quantitative estimate of drug-likeness (QED) is 0.426. The van der Waals surface area contributed by atoms with Crippen LogP contribution in [0, 0.1) is 0 Å². The van der Waals surface area contributed by atoms with Gasteiger partial charge >= 0.3 is 5.97 Å². The second-order valence-electron chi connectivity index (χ2n) is 10.1. The Kier molecular flexibility index (Phi) is 6.50. The maximum Gasteiger partial charge on any atom is 0.335 e. The lowest BCUT2D eigenvalue weighted by Gasteiger charge is -2.45. The Balaban J connectivity index is 1.81. The van der Waals surface area contributed by atoms with Crippen molar-refractivity contribution >= 4 is 33.1 Å². The molecule has 3 aromatic carbocycles. The van der Waals surface area contributed by atoms with Crippen molar-refractivity contribution in [2.45, 2.75) is 63.7 Å². The van der Waals surface area contributed by atoms with Gasteiger partial charge in [-0.1, -0.05) is 44.0 Å². The van der Waals surface area contributed by atoms with E-state index in [-0.39, 0.29) is 22.7 Å². The van der Waals surface area contributed by atoms with Crippen LogP contribution < -0.4 is 9.80 Å². The molecule has 3 aromatic rings. The van der Waals surface area contributed by atoms with Crippen LogP contribution in [0.5, 0.6) is 0 Å². The lowest BCUT2D eigenvalue weighted by atomic mass is 9.90. The van der Waals surface area contributed by atoms with Crippen LogP contribution in [0.3, 0.4) is 0 Å². The molecule has 0 spiro atoms. The zero-order chi connectivity index (χ0) is 26.5. The van der Waals surface area contributed by atoms with E-state index in [9.17, 15) is 18.3 Å². The van der Waals surface area contributed by atoms with E-state index >= 15 is 0 Å². The highest BCUT2D eigenvalue weighted by Crippen LogP contribution is 2.49. The summed E-state index contributed by atoms with van der Waals surface area (Å²) in [7, 11) is -2.13. The van der Waals surface area contributed by atoms with Gasteiger partial charge in [-0.05, 0) is 67.8 Å². The Morgan fingerprint density at radius 1 is 1.03 bits per heavy atom. The lowest BCUT2D eigenvalue weighted by Crippen LogP contribution is -2.51. The third-order valence-corrected chi connectivity index (χ3v) is 9.37. The Morgan fingerprint density at radius 2 is 1.76 bits per heavy atom. The third-order valence-electron chi connectivity index (χ3n) is 7.48. The Bertz CT molecular complexity index is 1450. The Morgan fingerprint density at radius 3 is 2.41 bits per heavy atom. The van der Waals surface area contributed by atoms with E-state index in [4.69, 9.17) is 0 Å². The van der Waals surface area contributed by atoms with Gasteiger partial charge in [0.05, 0.1) is 11.3 Å². The average Bonchev–Trinajstić information content (AvgIpc) is 2.88. The summed E-state index contributed by atoms with van der Waals surface area (Å²) in [4.78, 5) is 16.4. The molecule has 0 saturated heterocycles. The maximum absolute atomic E-state index is 13.9. The molecule has 0 aliphatic carbocycles. The minimum atomic E-state index is -3.78. The molecule has 5 rings (SSSR count). The largest absolute Gasteiger partial charge is 0.478 e. The van der Waals surface area contributed by atoms with Crippen LogP contribution in [0.2, 0.25) is 0 Å². The number of anilines is 3. The molecule has 2 aliphatic rings. The summed E-state index contributed by atoms with van der Waals surface area (Å²) >= 11 is 0. The van der Waals surface area contributed by atoms with Crippen LogP contribution in [0.15, 0.2) is 65.6 Å². The van der Waals surface area contributed by atoms with Gasteiger partial charge in [0.15, 0.2) is 0 Å². The molecule has 0 bridgehead atoms. The number of hydrogen-bond donors (Lipinski definition) is 1. The van der Waals surface area contributed by atoms with Gasteiger partial charge in [0.25, 0.3) is 0 Å². The SMILES string of the molecule is CCCC[C@@H]1N(c2ccccc2)c2cc3c(cc2S(=O)(=O)N1C)-c1cc(C(=O)O)ccc1CN3C(C)C. The Hall–Kier alpha value is -3.36. The van der Waals surface area contributed by atoms with Gasteiger partial charge in [-0.25, -0.2) is 13.2 Å². The van der Waals surface area contributed by atoms with E-state index in [1.807, 2.05) is 42.5 Å². The summed E-state index contributed by atoms with van der Waals surface area (Å²) < 4.78 is 29.4. The molecular weight excluding hydrogens is 486 g/mol. The number of para-hydroxylation sites is 1. The van der Waals surface area contributed by atoms with Crippen molar-refractivity contribution in [2.24, 2.45) is 0 Å². The van der Waals surface area contributed by atoms with Crippen molar-refractivity contribution in [1.82, 2.24) is 4.31 Å². The molecule has 0 unspecified atom stereocenters. The molecule has 2 aliphatic heterocycles. The molecule has 7 nitrogen and oxygen atoms in total. The van der Waals surface area contributed by atoms with E-state index < -0.39 is 16.0 Å².